The molecule has 0 radical (unpaired) electrons. The number of imide groups is 2. The number of carbonyl (C=O) groups is 5. The fourth-order valence-electron chi connectivity index (χ4n) is 5.43. The summed E-state index contributed by atoms with van der Waals surface area (Å²) in [5, 5.41) is 8.51. The van der Waals surface area contributed by atoms with Crippen molar-refractivity contribution in [3.63, 3.8) is 0 Å². The van der Waals surface area contributed by atoms with Crippen molar-refractivity contribution in [3.05, 3.63) is 82.9 Å². The number of fused-ring (bicyclic) bond motifs is 1. The van der Waals surface area contributed by atoms with Gasteiger partial charge in [0, 0.05) is 63.9 Å². The van der Waals surface area contributed by atoms with Crippen LogP contribution in [-0.4, -0.2) is 72.6 Å². The molecule has 1 aliphatic heterocycles. The van der Waals surface area contributed by atoms with Crippen molar-refractivity contribution in [1.29, 1.82) is 0 Å². The standard InChI is InChI=1S/C32H32N6O5/c1-19-9-11-25(33)20-5-2-7-22(28(19)20)30(41)37(18-39)17-27(40)36-14-4-13-35-15-16-38-31(42)23-8-3-6-21-26(34)12-10-24(29(21)23)32(38)43/h2-3,5-12,18,35H,4,13-17,33-34H2,1H3,(H,36,40). The molecule has 0 unspecified atom stereocenters. The van der Waals surface area contributed by atoms with Gasteiger partial charge in [-0.2, -0.15) is 0 Å². The highest BCUT2D eigenvalue weighted by Gasteiger charge is 2.32. The molecule has 0 aromatic heterocycles. The van der Waals surface area contributed by atoms with Gasteiger partial charge in [0.1, 0.15) is 6.54 Å². The van der Waals surface area contributed by atoms with Crippen molar-refractivity contribution in [1.82, 2.24) is 20.4 Å². The highest BCUT2D eigenvalue weighted by molar-refractivity contribution is 6.26. The van der Waals surface area contributed by atoms with Gasteiger partial charge in [-0.3, -0.25) is 33.8 Å². The fraction of sp³-hybridized carbons (Fsp3) is 0.219. The smallest absolute Gasteiger partial charge is 0.261 e. The number of nitrogens with zero attached hydrogens (tertiary/aromatic N) is 2. The van der Waals surface area contributed by atoms with Crippen molar-refractivity contribution >= 4 is 63.0 Å². The molecule has 0 fully saturated rings. The fourth-order valence-corrected chi connectivity index (χ4v) is 5.43. The van der Waals surface area contributed by atoms with Crippen molar-refractivity contribution in [2.75, 3.05) is 44.2 Å². The second kappa shape index (κ2) is 12.3. The summed E-state index contributed by atoms with van der Waals surface area (Å²) in [5.74, 6) is -1.79. The average Bonchev–Trinajstić information content (AvgIpc) is 3.01. The van der Waals surface area contributed by atoms with Gasteiger partial charge in [-0.25, -0.2) is 0 Å². The summed E-state index contributed by atoms with van der Waals surface area (Å²) >= 11 is 0. The van der Waals surface area contributed by atoms with E-state index in [1.54, 1.807) is 60.7 Å². The highest BCUT2D eigenvalue weighted by Crippen LogP contribution is 2.33. The van der Waals surface area contributed by atoms with Gasteiger partial charge in [0.05, 0.1) is 0 Å². The first-order chi connectivity index (χ1) is 20.7. The van der Waals surface area contributed by atoms with Gasteiger partial charge >= 0.3 is 0 Å². The molecule has 4 aromatic carbocycles. The monoisotopic (exact) mass is 580 g/mol. The van der Waals surface area contributed by atoms with E-state index in [9.17, 15) is 24.0 Å². The molecule has 220 valence electrons. The number of carbonyl (C=O) groups excluding carboxylic acids is 5. The van der Waals surface area contributed by atoms with Crippen LogP contribution in [0.3, 0.4) is 0 Å². The maximum absolute atomic E-state index is 13.2. The average molecular weight is 581 g/mol. The summed E-state index contributed by atoms with van der Waals surface area (Å²) in [6.07, 6.45) is 0.896. The SMILES string of the molecule is Cc1ccc(N)c2cccc(C(=O)N(C=O)CC(=O)NCCCNCCN3C(=O)c4cccc5c(N)ccc(c45)C3=O)c12. The molecule has 0 saturated carbocycles. The maximum Gasteiger partial charge on any atom is 0.261 e. The molecular formula is C32H32N6O5. The van der Waals surface area contributed by atoms with Gasteiger partial charge in [-0.15, -0.1) is 0 Å². The third-order valence-corrected chi connectivity index (χ3v) is 7.61. The number of nitrogens with one attached hydrogen (secondary N) is 2. The third-order valence-electron chi connectivity index (χ3n) is 7.61. The Morgan fingerprint density at radius 1 is 0.837 bits per heavy atom. The van der Waals surface area contributed by atoms with Crippen LogP contribution in [0.1, 0.15) is 43.1 Å². The Bertz CT molecular complexity index is 1760. The van der Waals surface area contributed by atoms with Crippen molar-refractivity contribution in [2.45, 2.75) is 13.3 Å². The number of nitrogens with two attached hydrogens (primary N) is 2. The van der Waals surface area contributed by atoms with E-state index in [2.05, 4.69) is 10.6 Å². The van der Waals surface area contributed by atoms with Crippen molar-refractivity contribution in [2.24, 2.45) is 0 Å². The van der Waals surface area contributed by atoms with Crippen LogP contribution in [0.5, 0.6) is 0 Å². The van der Waals surface area contributed by atoms with E-state index in [0.29, 0.717) is 82.1 Å². The molecule has 0 aliphatic carbocycles. The predicted octanol–water partition coefficient (Wildman–Crippen LogP) is 2.46. The topological polar surface area (TPSA) is 168 Å². The van der Waals surface area contributed by atoms with Gasteiger partial charge in [-0.1, -0.05) is 30.3 Å². The molecule has 11 nitrogen and oxygen atoms in total. The minimum Gasteiger partial charge on any atom is -0.398 e. The lowest BCUT2D eigenvalue weighted by Gasteiger charge is -2.27. The molecule has 1 heterocycles. The van der Waals surface area contributed by atoms with E-state index in [-0.39, 0.29) is 18.4 Å². The van der Waals surface area contributed by atoms with E-state index < -0.39 is 18.4 Å². The molecule has 11 heteroatoms. The largest absolute Gasteiger partial charge is 0.398 e. The lowest BCUT2D eigenvalue weighted by atomic mass is 9.93. The van der Waals surface area contributed by atoms with Crippen LogP contribution in [0, 0.1) is 6.92 Å². The molecule has 0 bridgehead atoms. The van der Waals surface area contributed by atoms with Crippen molar-refractivity contribution in [3.8, 4) is 0 Å². The van der Waals surface area contributed by atoms with Crippen LogP contribution in [-0.2, 0) is 9.59 Å². The molecule has 4 aromatic rings. The number of aryl methyl sites for hydroxylation is 1. The molecule has 6 N–H and O–H groups in total. The molecule has 43 heavy (non-hydrogen) atoms. The van der Waals surface area contributed by atoms with Gasteiger partial charge in [0.25, 0.3) is 17.7 Å². The van der Waals surface area contributed by atoms with Crippen LogP contribution in [0.15, 0.2) is 60.7 Å². The highest BCUT2D eigenvalue weighted by atomic mass is 16.2. The zero-order valence-electron chi connectivity index (χ0n) is 23.7. The Labute approximate surface area is 247 Å². The van der Waals surface area contributed by atoms with Gasteiger partial charge < -0.3 is 22.1 Å². The lowest BCUT2D eigenvalue weighted by molar-refractivity contribution is -0.126. The Hall–Kier alpha value is -5.29. The van der Waals surface area contributed by atoms with E-state index in [0.717, 1.165) is 10.5 Å². The second-order valence-corrected chi connectivity index (χ2v) is 10.4. The molecule has 5 rings (SSSR count). The maximum atomic E-state index is 13.2. The Kier molecular flexibility index (Phi) is 8.35. The van der Waals surface area contributed by atoms with Crippen LogP contribution < -0.4 is 22.1 Å². The number of anilines is 2. The summed E-state index contributed by atoms with van der Waals surface area (Å²) in [6.45, 7) is 2.78. The van der Waals surface area contributed by atoms with Crippen LogP contribution in [0.4, 0.5) is 11.4 Å². The Balaban J connectivity index is 1.08. The van der Waals surface area contributed by atoms with E-state index in [1.807, 2.05) is 6.92 Å². The summed E-state index contributed by atoms with van der Waals surface area (Å²) in [6, 6.07) is 17.2. The third kappa shape index (κ3) is 5.62. The Morgan fingerprint density at radius 3 is 2.21 bits per heavy atom. The van der Waals surface area contributed by atoms with Crippen LogP contribution in [0.2, 0.25) is 0 Å². The minimum absolute atomic E-state index is 0.180. The molecule has 1 aliphatic rings. The number of benzene rings is 4. The Morgan fingerprint density at radius 2 is 1.49 bits per heavy atom. The first-order valence-electron chi connectivity index (χ1n) is 13.9. The predicted molar refractivity (Wildman–Crippen MR) is 164 cm³/mol. The second-order valence-electron chi connectivity index (χ2n) is 10.4. The zero-order chi connectivity index (χ0) is 30.7. The lowest BCUT2D eigenvalue weighted by Crippen LogP contribution is -2.44. The molecular weight excluding hydrogens is 548 g/mol. The number of rotatable bonds is 11. The van der Waals surface area contributed by atoms with E-state index in [4.69, 9.17) is 11.5 Å². The number of amides is 5. The molecule has 0 spiro atoms. The van der Waals surface area contributed by atoms with E-state index >= 15 is 0 Å². The summed E-state index contributed by atoms with van der Waals surface area (Å²) < 4.78 is 0. The van der Waals surface area contributed by atoms with Crippen molar-refractivity contribution < 1.29 is 24.0 Å². The normalized spacial score (nSPS) is 12.5. The number of nitrogen functional groups attached to an aromatic ring is 2. The van der Waals surface area contributed by atoms with Gasteiger partial charge in [-0.05, 0) is 61.2 Å². The first-order valence-corrected chi connectivity index (χ1v) is 13.9. The number of hydrogen-bond acceptors (Lipinski definition) is 8. The number of hydrogen-bond donors (Lipinski definition) is 4. The quantitative estimate of drug-likeness (QED) is 0.0908. The minimum atomic E-state index is -0.588. The van der Waals surface area contributed by atoms with Gasteiger partial charge in [0.2, 0.25) is 12.3 Å². The molecule has 5 amide bonds. The first kappa shape index (κ1) is 29.2. The van der Waals surface area contributed by atoms with Crippen LogP contribution in [0.25, 0.3) is 21.5 Å². The molecule has 0 atom stereocenters. The van der Waals surface area contributed by atoms with Gasteiger partial charge in [0.15, 0.2) is 0 Å². The summed E-state index contributed by atoms with van der Waals surface area (Å²) in [4.78, 5) is 65.5. The summed E-state index contributed by atoms with van der Waals surface area (Å²) in [7, 11) is 0. The molecule has 0 saturated heterocycles. The zero-order valence-corrected chi connectivity index (χ0v) is 23.7. The summed E-state index contributed by atoms with van der Waals surface area (Å²) in [5.41, 5.74) is 15.2. The van der Waals surface area contributed by atoms with E-state index in [1.165, 1.54) is 4.90 Å². The van der Waals surface area contributed by atoms with Crippen LogP contribution >= 0.6 is 0 Å².